The Hall–Kier alpha value is -2.49. The zero-order chi connectivity index (χ0) is 14.5. The number of hydrogen-bond acceptors (Lipinski definition) is 2. The molecule has 1 heterocycles. The Labute approximate surface area is 118 Å². The van der Waals surface area contributed by atoms with Crippen molar-refractivity contribution in [1.82, 2.24) is 0 Å². The normalized spacial score (nSPS) is 10.1. The van der Waals surface area contributed by atoms with Gasteiger partial charge < -0.3 is 5.32 Å². The predicted molar refractivity (Wildman–Crippen MR) is 76.5 cm³/mol. The van der Waals surface area contributed by atoms with Crippen LogP contribution >= 0.6 is 0 Å². The first-order valence-electron chi connectivity index (χ1n) is 6.42. The monoisotopic (exact) mass is 269 g/mol. The van der Waals surface area contributed by atoms with Gasteiger partial charge in [-0.25, -0.2) is 0 Å². The van der Waals surface area contributed by atoms with Crippen molar-refractivity contribution >= 4 is 17.4 Å². The molecule has 102 valence electrons. The molecule has 0 unspecified atom stereocenters. The fraction of sp³-hybridized carbons (Fsp3) is 0.188. The summed E-state index contributed by atoms with van der Waals surface area (Å²) in [6, 6.07) is 11.1. The molecule has 1 N–H and O–H groups in total. The van der Waals surface area contributed by atoms with Crippen LogP contribution in [0.5, 0.6) is 0 Å². The number of aryl methyl sites for hydroxylation is 1. The molecule has 1 amide bonds. The molecular weight excluding hydrogens is 252 g/mol. The molecule has 4 nitrogen and oxygen atoms in total. The minimum atomic E-state index is -0.120. The highest BCUT2D eigenvalue weighted by Gasteiger charge is 2.12. The van der Waals surface area contributed by atoms with E-state index in [0.29, 0.717) is 5.56 Å². The van der Waals surface area contributed by atoms with Gasteiger partial charge in [-0.1, -0.05) is 18.2 Å². The smallest absolute Gasteiger partial charge is 0.290 e. The second-order valence-corrected chi connectivity index (χ2v) is 4.68. The van der Waals surface area contributed by atoms with Gasteiger partial charge in [0.1, 0.15) is 0 Å². The van der Waals surface area contributed by atoms with Gasteiger partial charge in [-0.2, -0.15) is 4.57 Å². The van der Waals surface area contributed by atoms with Crippen LogP contribution in [0, 0.1) is 6.92 Å². The summed E-state index contributed by atoms with van der Waals surface area (Å²) in [5.74, 6) is -0.135. The molecule has 0 atom stereocenters. The number of benzene rings is 1. The lowest BCUT2D eigenvalue weighted by atomic mass is 10.2. The van der Waals surface area contributed by atoms with Crippen molar-refractivity contribution in [1.29, 1.82) is 0 Å². The summed E-state index contributed by atoms with van der Waals surface area (Å²) in [7, 11) is 0. The quantitative estimate of drug-likeness (QED) is 0.683. The molecule has 0 spiro atoms. The van der Waals surface area contributed by atoms with Crippen molar-refractivity contribution in [2.24, 2.45) is 0 Å². The molecule has 2 aromatic rings. The van der Waals surface area contributed by atoms with Gasteiger partial charge in [-0.05, 0) is 31.5 Å². The Kier molecular flexibility index (Phi) is 4.25. The van der Waals surface area contributed by atoms with Gasteiger partial charge in [0.25, 0.3) is 5.91 Å². The number of hydrogen-bond donors (Lipinski definition) is 1. The molecule has 0 bridgehead atoms. The van der Waals surface area contributed by atoms with E-state index in [0.717, 1.165) is 11.3 Å². The Bertz CT molecular complexity index is 650. The number of anilines is 1. The van der Waals surface area contributed by atoms with Gasteiger partial charge >= 0.3 is 0 Å². The summed E-state index contributed by atoms with van der Waals surface area (Å²) in [4.78, 5) is 23.3. The molecule has 0 aliphatic heterocycles. The first kappa shape index (κ1) is 13.9. The number of para-hydroxylation sites is 1. The van der Waals surface area contributed by atoms with Gasteiger partial charge in [0.2, 0.25) is 6.54 Å². The number of carbonyl (C=O) groups is 2. The molecule has 1 aromatic heterocycles. The molecule has 1 aromatic carbocycles. The number of nitrogens with zero attached hydrogens (tertiary/aromatic N) is 1. The fourth-order valence-corrected chi connectivity index (χ4v) is 1.90. The summed E-state index contributed by atoms with van der Waals surface area (Å²) < 4.78 is 1.70. The molecular formula is C16H17N2O2+. The van der Waals surface area contributed by atoms with E-state index in [4.69, 9.17) is 0 Å². The topological polar surface area (TPSA) is 50.0 Å². The highest BCUT2D eigenvalue weighted by Crippen LogP contribution is 2.12. The van der Waals surface area contributed by atoms with Crippen LogP contribution in [0.1, 0.15) is 22.8 Å². The van der Waals surface area contributed by atoms with E-state index < -0.39 is 0 Å². The molecule has 0 radical (unpaired) electrons. The van der Waals surface area contributed by atoms with E-state index >= 15 is 0 Å². The second kappa shape index (κ2) is 6.10. The van der Waals surface area contributed by atoms with Crippen molar-refractivity contribution in [3.8, 4) is 0 Å². The van der Waals surface area contributed by atoms with E-state index in [1.807, 2.05) is 31.2 Å². The minimum Gasteiger partial charge on any atom is -0.320 e. The van der Waals surface area contributed by atoms with Crippen LogP contribution in [0.4, 0.5) is 5.69 Å². The zero-order valence-corrected chi connectivity index (χ0v) is 11.6. The predicted octanol–water partition coefficient (Wildman–Crippen LogP) is 2.12. The largest absolute Gasteiger partial charge is 0.320 e. The maximum absolute atomic E-state index is 12.0. The SMILES string of the molecule is CC(=O)c1ccc[n+](CC(=O)Nc2ccccc2C)c1. The second-order valence-electron chi connectivity index (χ2n) is 4.68. The van der Waals surface area contributed by atoms with Crippen LogP contribution in [-0.4, -0.2) is 11.7 Å². The Morgan fingerprint density at radius 2 is 1.90 bits per heavy atom. The molecule has 4 heteroatoms. The molecule has 0 aliphatic carbocycles. The minimum absolute atomic E-state index is 0.0151. The maximum atomic E-state index is 12.0. The Morgan fingerprint density at radius 3 is 2.60 bits per heavy atom. The van der Waals surface area contributed by atoms with Crippen LogP contribution in [0.15, 0.2) is 48.8 Å². The van der Waals surface area contributed by atoms with Gasteiger partial charge in [0.15, 0.2) is 18.2 Å². The standard InChI is InChI=1S/C16H16N2O2/c1-12-6-3-4-8-15(12)17-16(20)11-18-9-5-7-14(10-18)13(2)19/h3-10H,11H2,1-2H3/p+1. The van der Waals surface area contributed by atoms with Crippen LogP contribution in [0.25, 0.3) is 0 Å². The number of ketones is 1. The molecule has 0 aliphatic rings. The van der Waals surface area contributed by atoms with Crippen molar-refractivity contribution < 1.29 is 14.2 Å². The first-order valence-corrected chi connectivity index (χ1v) is 6.42. The van der Waals surface area contributed by atoms with E-state index in [9.17, 15) is 9.59 Å². The summed E-state index contributed by atoms with van der Waals surface area (Å²) >= 11 is 0. The third kappa shape index (κ3) is 3.51. The van der Waals surface area contributed by atoms with Crippen LogP contribution in [-0.2, 0) is 11.3 Å². The molecule has 0 saturated heterocycles. The summed E-state index contributed by atoms with van der Waals surface area (Å²) in [5.41, 5.74) is 2.42. The average molecular weight is 269 g/mol. The molecule has 2 rings (SSSR count). The van der Waals surface area contributed by atoms with Crippen molar-refractivity contribution in [3.63, 3.8) is 0 Å². The number of carbonyl (C=O) groups excluding carboxylic acids is 2. The Balaban J connectivity index is 2.07. The van der Waals surface area contributed by atoms with Gasteiger partial charge in [0, 0.05) is 11.8 Å². The van der Waals surface area contributed by atoms with Crippen molar-refractivity contribution in [2.45, 2.75) is 20.4 Å². The fourth-order valence-electron chi connectivity index (χ4n) is 1.90. The van der Waals surface area contributed by atoms with Crippen molar-refractivity contribution in [3.05, 3.63) is 59.9 Å². The van der Waals surface area contributed by atoms with Gasteiger partial charge in [-0.3, -0.25) is 9.59 Å². The lowest BCUT2D eigenvalue weighted by Crippen LogP contribution is -2.40. The highest BCUT2D eigenvalue weighted by molar-refractivity contribution is 5.93. The summed E-state index contributed by atoms with van der Waals surface area (Å²) in [6.45, 7) is 3.63. The number of aromatic nitrogens is 1. The highest BCUT2D eigenvalue weighted by atomic mass is 16.2. The van der Waals surface area contributed by atoms with Gasteiger partial charge in [-0.15, -0.1) is 0 Å². The maximum Gasteiger partial charge on any atom is 0.290 e. The van der Waals surface area contributed by atoms with E-state index in [-0.39, 0.29) is 18.2 Å². The number of Topliss-reactive ketones (excluding diaryl/α,β-unsaturated/α-hetero) is 1. The van der Waals surface area contributed by atoms with E-state index in [1.165, 1.54) is 6.92 Å². The summed E-state index contributed by atoms with van der Waals surface area (Å²) in [5, 5.41) is 2.86. The van der Waals surface area contributed by atoms with Crippen LogP contribution in [0.2, 0.25) is 0 Å². The summed E-state index contributed by atoms with van der Waals surface area (Å²) in [6.07, 6.45) is 3.45. The number of nitrogens with one attached hydrogen (secondary N) is 1. The number of amides is 1. The van der Waals surface area contributed by atoms with E-state index in [1.54, 1.807) is 29.1 Å². The van der Waals surface area contributed by atoms with Gasteiger partial charge in [0.05, 0.1) is 5.56 Å². The molecule has 0 fully saturated rings. The molecule has 0 saturated carbocycles. The number of pyridine rings is 1. The third-order valence-electron chi connectivity index (χ3n) is 3.01. The van der Waals surface area contributed by atoms with Crippen LogP contribution in [0.3, 0.4) is 0 Å². The zero-order valence-electron chi connectivity index (χ0n) is 11.6. The van der Waals surface area contributed by atoms with Crippen LogP contribution < -0.4 is 9.88 Å². The molecule has 20 heavy (non-hydrogen) atoms. The average Bonchev–Trinajstić information content (AvgIpc) is 2.41. The lowest BCUT2D eigenvalue weighted by molar-refractivity contribution is -0.684. The van der Waals surface area contributed by atoms with Crippen molar-refractivity contribution in [2.75, 3.05) is 5.32 Å². The Morgan fingerprint density at radius 1 is 1.15 bits per heavy atom. The first-order chi connectivity index (χ1) is 9.56. The van der Waals surface area contributed by atoms with E-state index in [2.05, 4.69) is 5.32 Å². The third-order valence-corrected chi connectivity index (χ3v) is 3.01. The number of rotatable bonds is 4. The lowest BCUT2D eigenvalue weighted by Gasteiger charge is -2.06.